The first-order valence-corrected chi connectivity index (χ1v) is 3.89. The number of hydrogen-bond acceptors (Lipinski definition) is 2. The van der Waals surface area contributed by atoms with Gasteiger partial charge in [0.05, 0.1) is 0 Å². The molecule has 0 bridgehead atoms. The van der Waals surface area contributed by atoms with E-state index in [4.69, 9.17) is 0 Å². The molecule has 1 aromatic rings. The lowest BCUT2D eigenvalue weighted by Crippen LogP contribution is -2.03. The number of rotatable bonds is 3. The summed E-state index contributed by atoms with van der Waals surface area (Å²) in [6.45, 7) is 1.55. The Morgan fingerprint density at radius 3 is 2.62 bits per heavy atom. The van der Waals surface area contributed by atoms with Crippen molar-refractivity contribution < 1.29 is 14.0 Å². The first-order valence-electron chi connectivity index (χ1n) is 3.89. The van der Waals surface area contributed by atoms with Gasteiger partial charge in [0.25, 0.3) is 0 Å². The molecule has 3 heteroatoms. The maximum atomic E-state index is 13.2. The Morgan fingerprint density at radius 2 is 2.08 bits per heavy atom. The summed E-state index contributed by atoms with van der Waals surface area (Å²) in [6.07, 6.45) is 1.17. The van der Waals surface area contributed by atoms with E-state index in [2.05, 4.69) is 0 Å². The molecule has 2 nitrogen and oxygen atoms in total. The van der Waals surface area contributed by atoms with Crippen molar-refractivity contribution in [1.29, 1.82) is 0 Å². The van der Waals surface area contributed by atoms with Crippen LogP contribution in [0.25, 0.3) is 0 Å². The van der Waals surface area contributed by atoms with Gasteiger partial charge in [-0.05, 0) is 6.07 Å². The van der Waals surface area contributed by atoms with Gasteiger partial charge in [0.1, 0.15) is 18.4 Å². The van der Waals surface area contributed by atoms with Crippen LogP contribution < -0.4 is 0 Å². The summed E-state index contributed by atoms with van der Waals surface area (Å²) in [4.78, 5) is 21.0. The van der Waals surface area contributed by atoms with Crippen LogP contribution in [0.2, 0.25) is 0 Å². The molecule has 1 unspecified atom stereocenters. The second kappa shape index (κ2) is 3.94. The fourth-order valence-corrected chi connectivity index (χ4v) is 1.20. The first kappa shape index (κ1) is 9.58. The number of carbonyl (C=O) groups excluding carboxylic acids is 2. The zero-order valence-electron chi connectivity index (χ0n) is 7.16. The number of hydrogen-bond donors (Lipinski definition) is 0. The van der Waals surface area contributed by atoms with E-state index >= 15 is 0 Å². The van der Waals surface area contributed by atoms with E-state index in [1.165, 1.54) is 18.2 Å². The summed E-state index contributed by atoms with van der Waals surface area (Å²) in [7, 11) is 0. The molecule has 0 aliphatic heterocycles. The molecular formula is C10H9FO2. The van der Waals surface area contributed by atoms with E-state index in [-0.39, 0.29) is 11.1 Å². The molecule has 0 fully saturated rings. The van der Waals surface area contributed by atoms with Crippen LogP contribution in [0.15, 0.2) is 18.2 Å². The van der Waals surface area contributed by atoms with Crippen molar-refractivity contribution in [3.8, 4) is 0 Å². The van der Waals surface area contributed by atoms with Crippen molar-refractivity contribution in [3.05, 3.63) is 35.1 Å². The van der Waals surface area contributed by atoms with Crippen LogP contribution >= 0.6 is 0 Å². The second-order valence-electron chi connectivity index (χ2n) is 2.79. The van der Waals surface area contributed by atoms with E-state index < -0.39 is 11.7 Å². The van der Waals surface area contributed by atoms with Crippen molar-refractivity contribution >= 4 is 12.6 Å². The van der Waals surface area contributed by atoms with Gasteiger partial charge in [0.2, 0.25) is 0 Å². The van der Waals surface area contributed by atoms with Crippen LogP contribution in [0.1, 0.15) is 28.8 Å². The highest BCUT2D eigenvalue weighted by Gasteiger charge is 2.13. The topological polar surface area (TPSA) is 34.1 Å². The molecule has 0 aromatic heterocycles. The highest BCUT2D eigenvalue weighted by atomic mass is 19.1. The standard InChI is InChI=1S/C10H9FO2/c1-7(5-12)10-8(6-13)3-2-4-9(10)11/h2-7H,1H3. The lowest BCUT2D eigenvalue weighted by Gasteiger charge is -2.07. The minimum atomic E-state index is -0.582. The third-order valence-corrected chi connectivity index (χ3v) is 1.87. The third kappa shape index (κ3) is 1.80. The Morgan fingerprint density at radius 1 is 1.38 bits per heavy atom. The van der Waals surface area contributed by atoms with Crippen LogP contribution in [-0.2, 0) is 4.79 Å². The third-order valence-electron chi connectivity index (χ3n) is 1.87. The first-order chi connectivity index (χ1) is 6.20. The van der Waals surface area contributed by atoms with Crippen LogP contribution in [-0.4, -0.2) is 12.6 Å². The molecule has 1 aromatic carbocycles. The Kier molecular flexibility index (Phi) is 2.90. The van der Waals surface area contributed by atoms with Crippen LogP contribution in [0, 0.1) is 5.82 Å². The van der Waals surface area contributed by atoms with Crippen LogP contribution in [0.3, 0.4) is 0 Å². The van der Waals surface area contributed by atoms with E-state index in [0.29, 0.717) is 12.6 Å². The lowest BCUT2D eigenvalue weighted by atomic mass is 9.97. The average molecular weight is 180 g/mol. The predicted octanol–water partition coefficient (Wildman–Crippen LogP) is 1.94. The summed E-state index contributed by atoms with van der Waals surface area (Å²) in [5, 5.41) is 0. The van der Waals surface area contributed by atoms with Crippen molar-refractivity contribution in [3.63, 3.8) is 0 Å². The van der Waals surface area contributed by atoms with Crippen LogP contribution in [0.5, 0.6) is 0 Å². The van der Waals surface area contributed by atoms with E-state index in [1.54, 1.807) is 6.92 Å². The summed E-state index contributed by atoms with van der Waals surface area (Å²) < 4.78 is 13.2. The van der Waals surface area contributed by atoms with Crippen molar-refractivity contribution in [1.82, 2.24) is 0 Å². The molecule has 0 N–H and O–H groups in total. The molecule has 0 aliphatic rings. The van der Waals surface area contributed by atoms with Crippen LogP contribution in [0.4, 0.5) is 4.39 Å². The SMILES string of the molecule is CC(C=O)c1c(F)cccc1C=O. The maximum Gasteiger partial charge on any atom is 0.150 e. The van der Waals surface area contributed by atoms with E-state index in [1.807, 2.05) is 0 Å². The molecule has 0 amide bonds. The Balaban J connectivity index is 3.29. The fourth-order valence-electron chi connectivity index (χ4n) is 1.20. The Hall–Kier alpha value is -1.51. The molecule has 13 heavy (non-hydrogen) atoms. The van der Waals surface area contributed by atoms with Gasteiger partial charge in [-0.1, -0.05) is 19.1 Å². The zero-order chi connectivity index (χ0) is 9.84. The molecule has 1 rings (SSSR count). The summed E-state index contributed by atoms with van der Waals surface area (Å²) >= 11 is 0. The largest absolute Gasteiger partial charge is 0.303 e. The number of benzene rings is 1. The molecule has 0 saturated heterocycles. The van der Waals surface area contributed by atoms with Gasteiger partial charge >= 0.3 is 0 Å². The molecule has 0 heterocycles. The fraction of sp³-hybridized carbons (Fsp3) is 0.200. The monoisotopic (exact) mass is 180 g/mol. The zero-order valence-corrected chi connectivity index (χ0v) is 7.16. The molecule has 1 atom stereocenters. The summed E-state index contributed by atoms with van der Waals surface area (Å²) in [6, 6.07) is 4.17. The highest BCUT2D eigenvalue weighted by molar-refractivity contribution is 5.80. The van der Waals surface area contributed by atoms with Gasteiger partial charge in [0, 0.05) is 17.0 Å². The van der Waals surface area contributed by atoms with Gasteiger partial charge in [-0.3, -0.25) is 4.79 Å². The predicted molar refractivity (Wildman–Crippen MR) is 46.3 cm³/mol. The van der Waals surface area contributed by atoms with Gasteiger partial charge in [-0.2, -0.15) is 0 Å². The Labute approximate surface area is 75.4 Å². The van der Waals surface area contributed by atoms with Gasteiger partial charge in [0.15, 0.2) is 0 Å². The van der Waals surface area contributed by atoms with Gasteiger partial charge in [-0.25, -0.2) is 4.39 Å². The van der Waals surface area contributed by atoms with Crippen molar-refractivity contribution in [2.75, 3.05) is 0 Å². The second-order valence-corrected chi connectivity index (χ2v) is 2.79. The summed E-state index contributed by atoms with van der Waals surface area (Å²) in [5.74, 6) is -1.09. The smallest absolute Gasteiger partial charge is 0.150 e. The molecule has 0 spiro atoms. The quantitative estimate of drug-likeness (QED) is 0.666. The highest BCUT2D eigenvalue weighted by Crippen LogP contribution is 2.20. The Bertz CT molecular complexity index is 334. The molecule has 0 radical (unpaired) electrons. The normalized spacial score (nSPS) is 12.2. The lowest BCUT2D eigenvalue weighted by molar-refractivity contribution is -0.108. The molecule has 0 saturated carbocycles. The van der Waals surface area contributed by atoms with Crippen molar-refractivity contribution in [2.24, 2.45) is 0 Å². The molecular weight excluding hydrogens is 171 g/mol. The number of carbonyl (C=O) groups is 2. The van der Waals surface area contributed by atoms with E-state index in [9.17, 15) is 14.0 Å². The van der Waals surface area contributed by atoms with Crippen molar-refractivity contribution in [2.45, 2.75) is 12.8 Å². The molecule has 68 valence electrons. The number of halogens is 1. The minimum absolute atomic E-state index is 0.174. The van der Waals surface area contributed by atoms with Gasteiger partial charge in [-0.15, -0.1) is 0 Å². The summed E-state index contributed by atoms with van der Waals surface area (Å²) in [5.41, 5.74) is 0.409. The van der Waals surface area contributed by atoms with Gasteiger partial charge < -0.3 is 4.79 Å². The average Bonchev–Trinajstić information content (AvgIpc) is 2.16. The molecule has 0 aliphatic carbocycles. The minimum Gasteiger partial charge on any atom is -0.303 e. The van der Waals surface area contributed by atoms with E-state index in [0.717, 1.165) is 0 Å². The number of aldehydes is 2. The maximum absolute atomic E-state index is 13.2.